The van der Waals surface area contributed by atoms with Gasteiger partial charge in [-0.15, -0.1) is 0 Å². The van der Waals surface area contributed by atoms with Crippen LogP contribution in [0.4, 0.5) is 5.69 Å². The molecule has 1 aliphatic carbocycles. The number of aryl methyl sites for hydroxylation is 2. The van der Waals surface area contributed by atoms with Crippen LogP contribution in [0.2, 0.25) is 0 Å². The highest BCUT2D eigenvalue weighted by Crippen LogP contribution is 2.42. The maximum absolute atomic E-state index is 12.6. The number of anilines is 1. The van der Waals surface area contributed by atoms with Crippen molar-refractivity contribution in [3.63, 3.8) is 0 Å². The van der Waals surface area contributed by atoms with Crippen LogP contribution in [0.3, 0.4) is 0 Å². The molecule has 0 bridgehead atoms. The molecule has 0 spiro atoms. The first kappa shape index (κ1) is 13.3. The molecular weight excluding hydrogens is 250 g/mol. The van der Waals surface area contributed by atoms with Crippen LogP contribution in [0, 0.1) is 31.6 Å². The Morgan fingerprint density at radius 3 is 2.40 bits per heavy atom. The van der Waals surface area contributed by atoms with E-state index >= 15 is 0 Å². The summed E-state index contributed by atoms with van der Waals surface area (Å²) in [7, 11) is 0. The standard InChI is InChI=1S/C17H21NO2/c1-10-4-7-14-15(8-10)17(20)18(16(14)19)13-6-5-11(2)12(3)9-13/h5-6,9-10,14-15H,4,7-8H2,1-3H3. The van der Waals surface area contributed by atoms with E-state index in [1.54, 1.807) is 0 Å². The second-order valence-corrected chi connectivity index (χ2v) is 6.41. The van der Waals surface area contributed by atoms with Crippen molar-refractivity contribution in [2.75, 3.05) is 4.90 Å². The zero-order valence-electron chi connectivity index (χ0n) is 12.3. The van der Waals surface area contributed by atoms with Crippen LogP contribution in [0.15, 0.2) is 18.2 Å². The first-order valence-electron chi connectivity index (χ1n) is 7.44. The van der Waals surface area contributed by atoms with Gasteiger partial charge in [0.2, 0.25) is 11.8 Å². The van der Waals surface area contributed by atoms with Crippen molar-refractivity contribution in [2.24, 2.45) is 17.8 Å². The summed E-state index contributed by atoms with van der Waals surface area (Å²) in [5.41, 5.74) is 3.04. The summed E-state index contributed by atoms with van der Waals surface area (Å²) >= 11 is 0. The first-order chi connectivity index (χ1) is 9.49. The van der Waals surface area contributed by atoms with Gasteiger partial charge in [0.1, 0.15) is 0 Å². The Morgan fingerprint density at radius 2 is 1.70 bits per heavy atom. The summed E-state index contributed by atoms with van der Waals surface area (Å²) in [4.78, 5) is 26.6. The molecule has 1 aromatic rings. The van der Waals surface area contributed by atoms with Crippen LogP contribution < -0.4 is 4.90 Å². The van der Waals surface area contributed by atoms with Gasteiger partial charge in [0, 0.05) is 0 Å². The van der Waals surface area contributed by atoms with Gasteiger partial charge in [-0.3, -0.25) is 14.5 Å². The zero-order chi connectivity index (χ0) is 14.4. The van der Waals surface area contributed by atoms with Crippen molar-refractivity contribution >= 4 is 17.5 Å². The number of fused-ring (bicyclic) bond motifs is 1. The summed E-state index contributed by atoms with van der Waals surface area (Å²) < 4.78 is 0. The smallest absolute Gasteiger partial charge is 0.237 e. The summed E-state index contributed by atoms with van der Waals surface area (Å²) in [6, 6.07) is 5.82. The number of benzene rings is 1. The minimum Gasteiger partial charge on any atom is -0.274 e. The number of hydrogen-bond acceptors (Lipinski definition) is 2. The van der Waals surface area contributed by atoms with E-state index in [-0.39, 0.29) is 23.7 Å². The molecule has 0 radical (unpaired) electrons. The molecule has 1 saturated carbocycles. The molecule has 3 atom stereocenters. The lowest BCUT2D eigenvalue weighted by Gasteiger charge is -2.25. The molecule has 2 fully saturated rings. The molecule has 0 aromatic heterocycles. The molecule has 1 heterocycles. The molecule has 3 heteroatoms. The predicted molar refractivity (Wildman–Crippen MR) is 78.4 cm³/mol. The average molecular weight is 271 g/mol. The maximum Gasteiger partial charge on any atom is 0.237 e. The highest BCUT2D eigenvalue weighted by Gasteiger charge is 2.49. The number of nitrogens with zero attached hydrogens (tertiary/aromatic N) is 1. The fraction of sp³-hybridized carbons (Fsp3) is 0.529. The summed E-state index contributed by atoms with van der Waals surface area (Å²) in [5.74, 6) is 0.394. The van der Waals surface area contributed by atoms with Crippen molar-refractivity contribution in [3.05, 3.63) is 29.3 Å². The van der Waals surface area contributed by atoms with Crippen LogP contribution in [0.1, 0.15) is 37.3 Å². The lowest BCUT2D eigenvalue weighted by Crippen LogP contribution is -2.30. The molecule has 0 N–H and O–H groups in total. The van der Waals surface area contributed by atoms with Gasteiger partial charge in [0.25, 0.3) is 0 Å². The predicted octanol–water partition coefficient (Wildman–Crippen LogP) is 3.23. The average Bonchev–Trinajstić information content (AvgIpc) is 2.65. The van der Waals surface area contributed by atoms with Gasteiger partial charge in [-0.2, -0.15) is 0 Å². The number of rotatable bonds is 1. The normalized spacial score (nSPS) is 29.8. The molecule has 1 aliphatic heterocycles. The minimum absolute atomic E-state index is 0.00908. The highest BCUT2D eigenvalue weighted by atomic mass is 16.2. The number of hydrogen-bond donors (Lipinski definition) is 0. The highest BCUT2D eigenvalue weighted by molar-refractivity contribution is 6.22. The number of carbonyl (C=O) groups excluding carboxylic acids is 2. The van der Waals surface area contributed by atoms with E-state index in [2.05, 4.69) is 6.92 Å². The quantitative estimate of drug-likeness (QED) is 0.735. The minimum atomic E-state index is -0.0899. The molecule has 3 nitrogen and oxygen atoms in total. The van der Waals surface area contributed by atoms with Gasteiger partial charge in [-0.05, 0) is 62.3 Å². The fourth-order valence-corrected chi connectivity index (χ4v) is 3.51. The SMILES string of the molecule is Cc1ccc(N2C(=O)C3CCC(C)CC3C2=O)cc1C. The Kier molecular flexibility index (Phi) is 3.15. The molecule has 2 amide bonds. The van der Waals surface area contributed by atoms with Crippen molar-refractivity contribution in [1.29, 1.82) is 0 Å². The van der Waals surface area contributed by atoms with E-state index in [9.17, 15) is 9.59 Å². The molecule has 1 aromatic carbocycles. The Bertz CT molecular complexity index is 578. The molecule has 1 saturated heterocycles. The van der Waals surface area contributed by atoms with E-state index in [0.29, 0.717) is 5.92 Å². The number of imide groups is 1. The number of amides is 2. The third-order valence-electron chi connectivity index (χ3n) is 4.94. The second-order valence-electron chi connectivity index (χ2n) is 6.41. The first-order valence-corrected chi connectivity index (χ1v) is 7.44. The second kappa shape index (κ2) is 4.72. The summed E-state index contributed by atoms with van der Waals surface area (Å²) in [6.45, 7) is 6.22. The largest absolute Gasteiger partial charge is 0.274 e. The Morgan fingerprint density at radius 1 is 1.00 bits per heavy atom. The van der Waals surface area contributed by atoms with Crippen LogP contribution in [-0.2, 0) is 9.59 Å². The van der Waals surface area contributed by atoms with E-state index in [1.807, 2.05) is 32.0 Å². The lowest BCUT2D eigenvalue weighted by atomic mass is 9.76. The molecule has 106 valence electrons. The molecule has 2 aliphatic rings. The Hall–Kier alpha value is -1.64. The van der Waals surface area contributed by atoms with Gasteiger partial charge in [0.15, 0.2) is 0 Å². The third kappa shape index (κ3) is 1.96. The van der Waals surface area contributed by atoms with Gasteiger partial charge >= 0.3 is 0 Å². The van der Waals surface area contributed by atoms with Crippen LogP contribution in [0.25, 0.3) is 0 Å². The van der Waals surface area contributed by atoms with E-state index < -0.39 is 0 Å². The van der Waals surface area contributed by atoms with Gasteiger partial charge in [-0.1, -0.05) is 13.0 Å². The fourth-order valence-electron chi connectivity index (χ4n) is 3.51. The van der Waals surface area contributed by atoms with Crippen LogP contribution >= 0.6 is 0 Å². The van der Waals surface area contributed by atoms with Gasteiger partial charge < -0.3 is 0 Å². The summed E-state index contributed by atoms with van der Waals surface area (Å²) in [6.07, 6.45) is 2.77. The van der Waals surface area contributed by atoms with E-state index in [1.165, 1.54) is 10.5 Å². The monoisotopic (exact) mass is 271 g/mol. The van der Waals surface area contributed by atoms with E-state index in [0.717, 1.165) is 30.5 Å². The van der Waals surface area contributed by atoms with Gasteiger partial charge in [0.05, 0.1) is 17.5 Å². The molecule has 20 heavy (non-hydrogen) atoms. The van der Waals surface area contributed by atoms with Crippen molar-refractivity contribution in [3.8, 4) is 0 Å². The molecule has 3 rings (SSSR count). The number of carbonyl (C=O) groups is 2. The van der Waals surface area contributed by atoms with Crippen LogP contribution in [0.5, 0.6) is 0 Å². The topological polar surface area (TPSA) is 37.4 Å². The van der Waals surface area contributed by atoms with E-state index in [4.69, 9.17) is 0 Å². The third-order valence-corrected chi connectivity index (χ3v) is 4.94. The maximum atomic E-state index is 12.6. The Labute approximate surface area is 120 Å². The van der Waals surface area contributed by atoms with Gasteiger partial charge in [-0.25, -0.2) is 0 Å². The van der Waals surface area contributed by atoms with Crippen molar-refractivity contribution in [1.82, 2.24) is 0 Å². The molecule has 3 unspecified atom stereocenters. The Balaban J connectivity index is 1.96. The van der Waals surface area contributed by atoms with Crippen molar-refractivity contribution in [2.45, 2.75) is 40.0 Å². The zero-order valence-corrected chi connectivity index (χ0v) is 12.3. The molecular formula is C17H21NO2. The lowest BCUT2D eigenvalue weighted by molar-refractivity contribution is -0.122. The summed E-state index contributed by atoms with van der Waals surface area (Å²) in [5, 5.41) is 0. The van der Waals surface area contributed by atoms with Crippen molar-refractivity contribution < 1.29 is 9.59 Å². The van der Waals surface area contributed by atoms with Crippen LogP contribution in [-0.4, -0.2) is 11.8 Å².